The maximum absolute atomic E-state index is 11.7. The van der Waals surface area contributed by atoms with Crippen molar-refractivity contribution in [3.63, 3.8) is 0 Å². The van der Waals surface area contributed by atoms with Gasteiger partial charge in [0, 0.05) is 17.8 Å². The summed E-state index contributed by atoms with van der Waals surface area (Å²) in [7, 11) is 0. The highest BCUT2D eigenvalue weighted by Crippen LogP contribution is 2.16. The highest BCUT2D eigenvalue weighted by Gasteiger charge is 2.14. The van der Waals surface area contributed by atoms with Crippen molar-refractivity contribution >= 4 is 16.9 Å². The van der Waals surface area contributed by atoms with Gasteiger partial charge in [-0.15, -0.1) is 0 Å². The number of nitrogens with zero attached hydrogens (tertiary/aromatic N) is 2. The number of rotatable bonds is 3. The van der Waals surface area contributed by atoms with Crippen LogP contribution in [0, 0.1) is 6.92 Å². The van der Waals surface area contributed by atoms with Crippen LogP contribution in [0.1, 0.15) is 25.1 Å². The van der Waals surface area contributed by atoms with E-state index in [0.29, 0.717) is 21.9 Å². The molecule has 0 aromatic carbocycles. The number of pyridine rings is 1. The van der Waals surface area contributed by atoms with Crippen LogP contribution in [0.3, 0.4) is 0 Å². The molecule has 0 spiro atoms. The van der Waals surface area contributed by atoms with E-state index in [1.807, 2.05) is 13.8 Å². The van der Waals surface area contributed by atoms with E-state index >= 15 is 0 Å². The second-order valence-corrected chi connectivity index (χ2v) is 4.84. The van der Waals surface area contributed by atoms with Gasteiger partial charge in [0.2, 0.25) is 0 Å². The third-order valence-corrected chi connectivity index (χ3v) is 3.54. The van der Waals surface area contributed by atoms with E-state index in [9.17, 15) is 4.55 Å². The lowest BCUT2D eigenvalue weighted by molar-refractivity contribution is 0.319. The fourth-order valence-electron chi connectivity index (χ4n) is 1.15. The van der Waals surface area contributed by atoms with E-state index in [1.54, 1.807) is 19.2 Å². The second-order valence-electron chi connectivity index (χ2n) is 3.13. The first kappa shape index (κ1) is 12.0. The first-order valence-corrected chi connectivity index (χ1v) is 5.96. The predicted molar refractivity (Wildman–Crippen MR) is 59.9 cm³/mol. The normalized spacial score (nSPS) is 14.0. The Morgan fingerprint density at radius 3 is 2.87 bits per heavy atom. The summed E-state index contributed by atoms with van der Waals surface area (Å²) in [5.41, 5.74) is 1.92. The van der Waals surface area contributed by atoms with Crippen molar-refractivity contribution in [2.75, 3.05) is 5.75 Å². The van der Waals surface area contributed by atoms with Crippen molar-refractivity contribution in [2.24, 2.45) is 5.16 Å². The zero-order valence-corrected chi connectivity index (χ0v) is 9.84. The van der Waals surface area contributed by atoms with Gasteiger partial charge in [-0.1, -0.05) is 5.16 Å². The molecule has 0 aliphatic carbocycles. The number of aromatic nitrogens is 1. The lowest BCUT2D eigenvalue weighted by Gasteiger charge is -2.10. The number of oxime groups is 1. The van der Waals surface area contributed by atoms with Gasteiger partial charge in [0.1, 0.15) is 5.75 Å². The summed E-state index contributed by atoms with van der Waals surface area (Å²) in [6.45, 7) is 5.35. The van der Waals surface area contributed by atoms with E-state index < -0.39 is 11.2 Å². The SMILES string of the molecule is CC[S+]([O-])c1cc(/C(C)=N/O)cnc1C. The molecule has 5 heteroatoms. The molecule has 0 saturated carbocycles. The van der Waals surface area contributed by atoms with Gasteiger partial charge in [-0.2, -0.15) is 0 Å². The molecular weight excluding hydrogens is 212 g/mol. The first-order valence-electron chi connectivity index (χ1n) is 4.64. The highest BCUT2D eigenvalue weighted by molar-refractivity contribution is 7.91. The standard InChI is InChI=1S/C10H14N2O2S/c1-4-15(14)10-5-9(7(2)12-13)6-11-8(10)3/h5-6,13H,4H2,1-3H3/b12-7+. The maximum atomic E-state index is 11.7. The van der Waals surface area contributed by atoms with Gasteiger partial charge in [0.15, 0.2) is 4.90 Å². The van der Waals surface area contributed by atoms with E-state index in [1.165, 1.54) is 0 Å². The van der Waals surface area contributed by atoms with Crippen LogP contribution >= 0.6 is 0 Å². The van der Waals surface area contributed by atoms with E-state index in [4.69, 9.17) is 5.21 Å². The molecule has 0 radical (unpaired) electrons. The lowest BCUT2D eigenvalue weighted by Crippen LogP contribution is -2.09. The topological polar surface area (TPSA) is 68.5 Å². The third kappa shape index (κ3) is 2.70. The number of aryl methyl sites for hydroxylation is 1. The minimum atomic E-state index is -1.03. The molecule has 0 fully saturated rings. The van der Waals surface area contributed by atoms with Gasteiger partial charge in [-0.3, -0.25) is 4.98 Å². The molecule has 0 amide bonds. The van der Waals surface area contributed by atoms with E-state index in [-0.39, 0.29) is 0 Å². The second kappa shape index (κ2) is 5.14. The maximum Gasteiger partial charge on any atom is 0.174 e. The zero-order chi connectivity index (χ0) is 11.4. The molecule has 1 aromatic rings. The Balaban J connectivity index is 3.16. The van der Waals surface area contributed by atoms with Crippen molar-refractivity contribution in [3.8, 4) is 0 Å². The molecule has 0 aliphatic heterocycles. The Hall–Kier alpha value is -1.07. The van der Waals surface area contributed by atoms with Gasteiger partial charge in [0.25, 0.3) is 0 Å². The van der Waals surface area contributed by atoms with Crippen LogP contribution in [0.15, 0.2) is 22.3 Å². The summed E-state index contributed by atoms with van der Waals surface area (Å²) in [5.74, 6) is 0.557. The average Bonchev–Trinajstić information content (AvgIpc) is 2.27. The van der Waals surface area contributed by atoms with Crippen LogP contribution in [0.5, 0.6) is 0 Å². The van der Waals surface area contributed by atoms with Gasteiger partial charge in [0.05, 0.1) is 11.4 Å². The van der Waals surface area contributed by atoms with Crippen LogP contribution in [0.4, 0.5) is 0 Å². The quantitative estimate of drug-likeness (QED) is 0.369. The summed E-state index contributed by atoms with van der Waals surface area (Å²) >= 11 is -1.03. The summed E-state index contributed by atoms with van der Waals surface area (Å²) < 4.78 is 11.7. The number of hydrogen-bond donors (Lipinski definition) is 1. The van der Waals surface area contributed by atoms with Crippen molar-refractivity contribution in [3.05, 3.63) is 23.5 Å². The van der Waals surface area contributed by atoms with Crippen LogP contribution in [-0.4, -0.2) is 26.2 Å². The molecule has 0 bridgehead atoms. The summed E-state index contributed by atoms with van der Waals surface area (Å²) in [4.78, 5) is 4.84. The van der Waals surface area contributed by atoms with Crippen LogP contribution in [-0.2, 0) is 11.2 Å². The Bertz CT molecular complexity index is 380. The molecule has 15 heavy (non-hydrogen) atoms. The molecule has 0 aliphatic rings. The van der Waals surface area contributed by atoms with Crippen molar-refractivity contribution in [2.45, 2.75) is 25.7 Å². The summed E-state index contributed by atoms with van der Waals surface area (Å²) in [5, 5.41) is 11.7. The molecule has 1 aromatic heterocycles. The molecule has 1 rings (SSSR count). The molecule has 4 nitrogen and oxygen atoms in total. The highest BCUT2D eigenvalue weighted by atomic mass is 32.2. The fraction of sp³-hybridized carbons (Fsp3) is 0.400. The molecule has 1 N–H and O–H groups in total. The zero-order valence-electron chi connectivity index (χ0n) is 9.02. The molecule has 1 atom stereocenters. The van der Waals surface area contributed by atoms with E-state index in [0.717, 1.165) is 5.69 Å². The van der Waals surface area contributed by atoms with Gasteiger partial charge >= 0.3 is 0 Å². The monoisotopic (exact) mass is 226 g/mol. The summed E-state index contributed by atoms with van der Waals surface area (Å²) in [6, 6.07) is 1.76. The van der Waals surface area contributed by atoms with Crippen LogP contribution < -0.4 is 0 Å². The van der Waals surface area contributed by atoms with Gasteiger partial charge in [-0.05, 0) is 31.9 Å². The van der Waals surface area contributed by atoms with Gasteiger partial charge < -0.3 is 9.76 Å². The van der Waals surface area contributed by atoms with Gasteiger partial charge in [-0.25, -0.2) is 0 Å². The Labute approximate surface area is 92.2 Å². The van der Waals surface area contributed by atoms with Crippen LogP contribution in [0.2, 0.25) is 0 Å². The van der Waals surface area contributed by atoms with Crippen molar-refractivity contribution < 1.29 is 9.76 Å². The minimum absolute atomic E-state index is 0.469. The molecule has 82 valence electrons. The van der Waals surface area contributed by atoms with Crippen molar-refractivity contribution in [1.29, 1.82) is 0 Å². The minimum Gasteiger partial charge on any atom is -0.611 e. The van der Waals surface area contributed by atoms with E-state index in [2.05, 4.69) is 10.1 Å². The Morgan fingerprint density at radius 1 is 1.67 bits per heavy atom. The Morgan fingerprint density at radius 2 is 2.33 bits per heavy atom. The largest absolute Gasteiger partial charge is 0.611 e. The molecule has 1 heterocycles. The Kier molecular flexibility index (Phi) is 4.11. The fourth-order valence-corrected chi connectivity index (χ4v) is 2.11. The molecule has 0 saturated heterocycles. The lowest BCUT2D eigenvalue weighted by atomic mass is 10.2. The predicted octanol–water partition coefficient (Wildman–Crippen LogP) is 1.72. The molecule has 1 unspecified atom stereocenters. The molecular formula is C10H14N2O2S. The third-order valence-electron chi connectivity index (χ3n) is 2.12. The van der Waals surface area contributed by atoms with Crippen molar-refractivity contribution in [1.82, 2.24) is 4.98 Å². The number of hydrogen-bond acceptors (Lipinski definition) is 4. The average molecular weight is 226 g/mol. The van der Waals surface area contributed by atoms with Crippen LogP contribution in [0.25, 0.3) is 0 Å². The first-order chi connectivity index (χ1) is 7.10. The smallest absolute Gasteiger partial charge is 0.174 e. The summed E-state index contributed by atoms with van der Waals surface area (Å²) in [6.07, 6.45) is 1.61.